The molecule has 3 rings (SSSR count). The average molecular weight is 426 g/mol. The molecule has 2 aromatic carbocycles. The molecule has 0 spiro atoms. The summed E-state index contributed by atoms with van der Waals surface area (Å²) in [5.41, 5.74) is 4.20. The Morgan fingerprint density at radius 2 is 1.93 bits per heavy atom. The van der Waals surface area contributed by atoms with Crippen LogP contribution in [0.4, 0.5) is 0 Å². The molecule has 0 radical (unpaired) electrons. The van der Waals surface area contributed by atoms with Gasteiger partial charge in [0.05, 0.1) is 5.71 Å². The largest absolute Gasteiger partial charge is 0.411 e. The molecular weight excluding hydrogens is 406 g/mol. The van der Waals surface area contributed by atoms with Crippen molar-refractivity contribution >= 4 is 21.6 Å². The van der Waals surface area contributed by atoms with Crippen LogP contribution in [0.3, 0.4) is 0 Å². The van der Waals surface area contributed by atoms with E-state index in [0.29, 0.717) is 17.7 Å². The summed E-state index contributed by atoms with van der Waals surface area (Å²) >= 11 is 3.48. The van der Waals surface area contributed by atoms with Crippen molar-refractivity contribution in [2.24, 2.45) is 12.2 Å². The summed E-state index contributed by atoms with van der Waals surface area (Å²) in [7, 11) is 1.63. The number of oxime groups is 1. The Morgan fingerprint density at radius 3 is 2.56 bits per heavy atom. The number of aryl methyl sites for hydroxylation is 2. The van der Waals surface area contributed by atoms with E-state index in [4.69, 9.17) is 0 Å². The van der Waals surface area contributed by atoms with Crippen molar-refractivity contribution in [1.82, 2.24) is 9.55 Å². The zero-order valence-corrected chi connectivity index (χ0v) is 16.7. The molecule has 0 unspecified atom stereocenters. The molecule has 0 aliphatic heterocycles. The summed E-state index contributed by atoms with van der Waals surface area (Å²) in [5.74, 6) is 0.00225. The summed E-state index contributed by atoms with van der Waals surface area (Å²) in [5, 5.41) is 13.2. The topological polar surface area (TPSA) is 67.5 Å². The second kappa shape index (κ2) is 8.31. The van der Waals surface area contributed by atoms with Crippen LogP contribution in [0.2, 0.25) is 0 Å². The molecular formula is C21H20BrN3O2. The lowest BCUT2D eigenvalue weighted by atomic mass is 9.84. The standard InChI is InChI=1S/C21H20BrN3O2/c1-14-5-3-4-6-18(14)19(15-7-9-17(22)10-8-15)11-20(24-27)16-12-23-21(26)25(2)13-16/h3-10,12-13,19,27H,11H2,1-2H3/t19-/m0/s1. The first-order chi connectivity index (χ1) is 13.0. The number of rotatable bonds is 5. The van der Waals surface area contributed by atoms with E-state index in [-0.39, 0.29) is 11.6 Å². The van der Waals surface area contributed by atoms with Gasteiger partial charge in [0.2, 0.25) is 0 Å². The molecule has 5 nitrogen and oxygen atoms in total. The van der Waals surface area contributed by atoms with Crippen molar-refractivity contribution in [3.63, 3.8) is 0 Å². The smallest absolute Gasteiger partial charge is 0.347 e. The lowest BCUT2D eigenvalue weighted by Crippen LogP contribution is -2.21. The van der Waals surface area contributed by atoms with Crippen LogP contribution in [0.15, 0.2) is 75.3 Å². The van der Waals surface area contributed by atoms with Gasteiger partial charge in [-0.15, -0.1) is 0 Å². The van der Waals surface area contributed by atoms with Gasteiger partial charge in [0, 0.05) is 41.8 Å². The lowest BCUT2D eigenvalue weighted by Gasteiger charge is -2.21. The second-order valence-corrected chi connectivity index (χ2v) is 7.36. The number of hydrogen-bond donors (Lipinski definition) is 1. The van der Waals surface area contributed by atoms with Crippen LogP contribution in [0.5, 0.6) is 0 Å². The average Bonchev–Trinajstić information content (AvgIpc) is 2.67. The fraction of sp³-hybridized carbons (Fsp3) is 0.190. The molecule has 138 valence electrons. The highest BCUT2D eigenvalue weighted by atomic mass is 79.9. The molecule has 1 N–H and O–H groups in total. The van der Waals surface area contributed by atoms with Crippen molar-refractivity contribution in [1.29, 1.82) is 0 Å². The highest BCUT2D eigenvalue weighted by Crippen LogP contribution is 2.32. The Hall–Kier alpha value is -2.73. The molecule has 0 bridgehead atoms. The first-order valence-corrected chi connectivity index (χ1v) is 9.34. The highest BCUT2D eigenvalue weighted by molar-refractivity contribution is 9.10. The number of aromatic nitrogens is 2. The van der Waals surface area contributed by atoms with Crippen molar-refractivity contribution in [3.8, 4) is 0 Å². The van der Waals surface area contributed by atoms with E-state index in [9.17, 15) is 10.0 Å². The monoisotopic (exact) mass is 425 g/mol. The van der Waals surface area contributed by atoms with Crippen LogP contribution < -0.4 is 5.69 Å². The molecule has 3 aromatic rings. The second-order valence-electron chi connectivity index (χ2n) is 6.45. The Balaban J connectivity index is 2.04. The predicted octanol–water partition coefficient (Wildman–Crippen LogP) is 4.25. The maximum absolute atomic E-state index is 11.6. The van der Waals surface area contributed by atoms with Crippen molar-refractivity contribution < 1.29 is 5.21 Å². The van der Waals surface area contributed by atoms with Crippen LogP contribution >= 0.6 is 15.9 Å². The number of nitrogens with zero attached hydrogens (tertiary/aromatic N) is 3. The van der Waals surface area contributed by atoms with Gasteiger partial charge in [-0.25, -0.2) is 9.78 Å². The maximum Gasteiger partial charge on any atom is 0.347 e. The summed E-state index contributed by atoms with van der Waals surface area (Å²) in [6.07, 6.45) is 3.57. The van der Waals surface area contributed by atoms with Crippen molar-refractivity contribution in [2.75, 3.05) is 0 Å². The summed E-state index contributed by atoms with van der Waals surface area (Å²) in [6.45, 7) is 2.07. The van der Waals surface area contributed by atoms with Gasteiger partial charge in [0.15, 0.2) is 0 Å². The van der Waals surface area contributed by atoms with Crippen LogP contribution in [-0.4, -0.2) is 20.5 Å². The van der Waals surface area contributed by atoms with E-state index in [1.54, 1.807) is 13.2 Å². The van der Waals surface area contributed by atoms with Gasteiger partial charge in [-0.3, -0.25) is 0 Å². The zero-order chi connectivity index (χ0) is 19.4. The van der Waals surface area contributed by atoms with E-state index in [1.807, 2.05) is 24.3 Å². The van der Waals surface area contributed by atoms with Gasteiger partial charge < -0.3 is 9.77 Å². The molecule has 0 aliphatic carbocycles. The molecule has 0 fully saturated rings. The molecule has 0 amide bonds. The molecule has 1 aromatic heterocycles. The van der Waals surface area contributed by atoms with Crippen molar-refractivity contribution in [2.45, 2.75) is 19.3 Å². The minimum absolute atomic E-state index is 0.00225. The van der Waals surface area contributed by atoms with Gasteiger partial charge in [0.1, 0.15) is 0 Å². The first-order valence-electron chi connectivity index (χ1n) is 8.54. The maximum atomic E-state index is 11.6. The van der Waals surface area contributed by atoms with Crippen LogP contribution in [0.25, 0.3) is 0 Å². The number of benzene rings is 2. The van der Waals surface area contributed by atoms with Gasteiger partial charge in [-0.05, 0) is 35.7 Å². The first kappa shape index (κ1) is 19.0. The summed E-state index contributed by atoms with van der Waals surface area (Å²) in [6, 6.07) is 16.3. The molecule has 0 saturated carbocycles. The SMILES string of the molecule is Cc1ccccc1[C@@H](CC(=NO)c1cnc(=O)n(C)c1)c1ccc(Br)cc1. The minimum Gasteiger partial charge on any atom is -0.411 e. The third-order valence-electron chi connectivity index (χ3n) is 4.64. The molecule has 6 heteroatoms. The molecule has 27 heavy (non-hydrogen) atoms. The van der Waals surface area contributed by atoms with Gasteiger partial charge in [-0.1, -0.05) is 57.5 Å². The van der Waals surface area contributed by atoms with E-state index in [1.165, 1.54) is 21.9 Å². The van der Waals surface area contributed by atoms with Gasteiger partial charge in [0.25, 0.3) is 0 Å². The van der Waals surface area contributed by atoms with Crippen LogP contribution in [0.1, 0.15) is 34.6 Å². The summed E-state index contributed by atoms with van der Waals surface area (Å²) in [4.78, 5) is 15.4. The number of hydrogen-bond acceptors (Lipinski definition) is 4. The van der Waals surface area contributed by atoms with Gasteiger partial charge >= 0.3 is 5.69 Å². The van der Waals surface area contributed by atoms with E-state index >= 15 is 0 Å². The van der Waals surface area contributed by atoms with Crippen LogP contribution in [0, 0.1) is 6.92 Å². The Kier molecular flexibility index (Phi) is 5.86. The molecule has 0 aliphatic rings. The minimum atomic E-state index is -0.348. The molecule has 1 heterocycles. The van der Waals surface area contributed by atoms with E-state index < -0.39 is 0 Å². The third kappa shape index (κ3) is 4.34. The Morgan fingerprint density at radius 1 is 1.22 bits per heavy atom. The summed E-state index contributed by atoms with van der Waals surface area (Å²) < 4.78 is 2.39. The van der Waals surface area contributed by atoms with Gasteiger partial charge in [-0.2, -0.15) is 0 Å². The van der Waals surface area contributed by atoms with Crippen molar-refractivity contribution in [3.05, 3.63) is 98.1 Å². The van der Waals surface area contributed by atoms with E-state index in [0.717, 1.165) is 10.0 Å². The zero-order valence-electron chi connectivity index (χ0n) is 15.1. The fourth-order valence-electron chi connectivity index (χ4n) is 3.15. The lowest BCUT2D eigenvalue weighted by molar-refractivity contribution is 0.317. The quantitative estimate of drug-likeness (QED) is 0.377. The van der Waals surface area contributed by atoms with E-state index in [2.05, 4.69) is 57.3 Å². The Bertz CT molecular complexity index is 1030. The molecule has 0 saturated heterocycles. The third-order valence-corrected chi connectivity index (χ3v) is 5.16. The highest BCUT2D eigenvalue weighted by Gasteiger charge is 2.20. The molecule has 1 atom stereocenters. The number of halogens is 1. The predicted molar refractivity (Wildman–Crippen MR) is 110 cm³/mol. The fourth-order valence-corrected chi connectivity index (χ4v) is 3.42. The van der Waals surface area contributed by atoms with Crippen LogP contribution in [-0.2, 0) is 7.05 Å². The normalized spacial score (nSPS) is 12.8. The Labute approximate surface area is 166 Å².